The van der Waals surface area contributed by atoms with E-state index in [0.717, 1.165) is 4.90 Å². The monoisotopic (exact) mass is 252 g/mol. The van der Waals surface area contributed by atoms with E-state index >= 15 is 0 Å². The van der Waals surface area contributed by atoms with Crippen molar-refractivity contribution in [1.82, 2.24) is 4.90 Å². The minimum Gasteiger partial charge on any atom is -0.324 e. The van der Waals surface area contributed by atoms with E-state index in [1.807, 2.05) is 0 Å². The predicted molar refractivity (Wildman–Crippen MR) is 65.1 cm³/mol. The van der Waals surface area contributed by atoms with Gasteiger partial charge in [-0.25, -0.2) is 0 Å². The number of fused-ring (bicyclic) bond motifs is 1. The molecule has 1 aliphatic rings. The Bertz CT molecular complexity index is 506. The molecule has 2 N–H and O–H groups in total. The van der Waals surface area contributed by atoms with Gasteiger partial charge in [0.1, 0.15) is 0 Å². The molecule has 0 bridgehead atoms. The number of nitrogens with two attached hydrogens (primary N) is 1. The van der Waals surface area contributed by atoms with E-state index in [1.54, 1.807) is 32.0 Å². The fourth-order valence-corrected chi connectivity index (χ4v) is 2.10. The molecule has 0 radical (unpaired) electrons. The highest BCUT2D eigenvalue weighted by Crippen LogP contribution is 2.29. The van der Waals surface area contributed by atoms with Crippen LogP contribution >= 0.6 is 11.6 Å². The Balaban J connectivity index is 2.43. The molecule has 4 nitrogen and oxygen atoms in total. The highest BCUT2D eigenvalue weighted by atomic mass is 35.5. The molecule has 0 aromatic heterocycles. The molecule has 0 unspecified atom stereocenters. The van der Waals surface area contributed by atoms with Gasteiger partial charge in [-0.05, 0) is 26.0 Å². The zero-order valence-electron chi connectivity index (χ0n) is 9.66. The van der Waals surface area contributed by atoms with Gasteiger partial charge in [0.2, 0.25) is 0 Å². The van der Waals surface area contributed by atoms with Crippen LogP contribution in [0.3, 0.4) is 0 Å². The zero-order chi connectivity index (χ0) is 12.8. The van der Waals surface area contributed by atoms with Crippen LogP contribution in [0.1, 0.15) is 34.6 Å². The molecule has 2 amide bonds. The van der Waals surface area contributed by atoms with Crippen LogP contribution in [0.25, 0.3) is 0 Å². The number of rotatable bonds is 2. The third kappa shape index (κ3) is 2.06. The Kier molecular flexibility index (Phi) is 2.72. The number of hydrogen-bond acceptors (Lipinski definition) is 3. The Morgan fingerprint density at radius 1 is 1.29 bits per heavy atom. The molecule has 1 heterocycles. The molecule has 5 heteroatoms. The summed E-state index contributed by atoms with van der Waals surface area (Å²) >= 11 is 5.94. The van der Waals surface area contributed by atoms with Crippen LogP contribution in [0.2, 0.25) is 5.02 Å². The lowest BCUT2D eigenvalue weighted by atomic mass is 10.1. The lowest BCUT2D eigenvalue weighted by molar-refractivity contribution is 0.0625. The molecular formula is C12H13ClN2O2. The van der Waals surface area contributed by atoms with Crippen molar-refractivity contribution in [2.75, 3.05) is 6.54 Å². The fourth-order valence-electron chi connectivity index (χ4n) is 1.84. The summed E-state index contributed by atoms with van der Waals surface area (Å²) in [5, 5.41) is 0.304. The minimum atomic E-state index is -0.625. The smallest absolute Gasteiger partial charge is 0.263 e. The van der Waals surface area contributed by atoms with Gasteiger partial charge in [0.05, 0.1) is 16.1 Å². The number of nitrogens with zero attached hydrogens (tertiary/aromatic N) is 1. The molecule has 1 aromatic rings. The van der Waals surface area contributed by atoms with Crippen molar-refractivity contribution in [3.63, 3.8) is 0 Å². The van der Waals surface area contributed by atoms with Gasteiger partial charge in [0, 0.05) is 12.1 Å². The largest absolute Gasteiger partial charge is 0.324 e. The summed E-state index contributed by atoms with van der Waals surface area (Å²) in [7, 11) is 0. The van der Waals surface area contributed by atoms with Crippen LogP contribution in [0.15, 0.2) is 18.2 Å². The van der Waals surface area contributed by atoms with E-state index in [4.69, 9.17) is 17.3 Å². The molecule has 0 saturated heterocycles. The third-order valence-electron chi connectivity index (χ3n) is 2.51. The molecule has 1 aromatic carbocycles. The maximum absolute atomic E-state index is 12.1. The summed E-state index contributed by atoms with van der Waals surface area (Å²) in [4.78, 5) is 25.2. The zero-order valence-corrected chi connectivity index (χ0v) is 10.4. The van der Waals surface area contributed by atoms with Gasteiger partial charge in [-0.15, -0.1) is 0 Å². The first-order valence-corrected chi connectivity index (χ1v) is 5.62. The lowest BCUT2D eigenvalue weighted by Crippen LogP contribution is -2.47. The molecule has 0 saturated carbocycles. The summed E-state index contributed by atoms with van der Waals surface area (Å²) in [6.07, 6.45) is 0. The van der Waals surface area contributed by atoms with Gasteiger partial charge < -0.3 is 5.73 Å². The number of imide groups is 1. The van der Waals surface area contributed by atoms with E-state index < -0.39 is 5.54 Å². The normalized spacial score (nSPS) is 15.4. The van der Waals surface area contributed by atoms with Crippen LogP contribution in [0, 0.1) is 0 Å². The van der Waals surface area contributed by atoms with Gasteiger partial charge in [-0.1, -0.05) is 17.7 Å². The van der Waals surface area contributed by atoms with Gasteiger partial charge in [-0.3, -0.25) is 14.5 Å². The summed E-state index contributed by atoms with van der Waals surface area (Å²) < 4.78 is 0. The van der Waals surface area contributed by atoms with Crippen LogP contribution < -0.4 is 5.73 Å². The average Bonchev–Trinajstić information content (AvgIpc) is 2.43. The lowest BCUT2D eigenvalue weighted by Gasteiger charge is -2.24. The number of carbonyl (C=O) groups excluding carboxylic acids is 2. The highest BCUT2D eigenvalue weighted by Gasteiger charge is 2.38. The quantitative estimate of drug-likeness (QED) is 0.815. The Hall–Kier alpha value is -1.39. The van der Waals surface area contributed by atoms with Crippen LogP contribution in [-0.4, -0.2) is 28.8 Å². The molecule has 1 aliphatic heterocycles. The Morgan fingerprint density at radius 2 is 1.94 bits per heavy atom. The number of hydrogen-bond donors (Lipinski definition) is 1. The Morgan fingerprint density at radius 3 is 2.47 bits per heavy atom. The number of halogens is 1. The van der Waals surface area contributed by atoms with Crippen molar-refractivity contribution in [3.8, 4) is 0 Å². The first-order chi connectivity index (χ1) is 7.81. The van der Waals surface area contributed by atoms with Crippen molar-refractivity contribution < 1.29 is 9.59 Å². The highest BCUT2D eigenvalue weighted by molar-refractivity contribution is 6.37. The molecule has 17 heavy (non-hydrogen) atoms. The van der Waals surface area contributed by atoms with Crippen LogP contribution in [0.4, 0.5) is 0 Å². The molecule has 0 atom stereocenters. The second-order valence-electron chi connectivity index (χ2n) is 4.85. The van der Waals surface area contributed by atoms with Crippen LogP contribution in [0.5, 0.6) is 0 Å². The summed E-state index contributed by atoms with van der Waals surface area (Å²) in [6.45, 7) is 3.70. The van der Waals surface area contributed by atoms with Gasteiger partial charge in [-0.2, -0.15) is 0 Å². The molecular weight excluding hydrogens is 240 g/mol. The minimum absolute atomic E-state index is 0.176. The summed E-state index contributed by atoms with van der Waals surface area (Å²) in [5.41, 5.74) is 5.84. The molecule has 0 aliphatic carbocycles. The SMILES string of the molecule is CC(C)(N)CN1C(=O)c2cccc(Cl)c2C1=O. The standard InChI is InChI=1S/C12H13ClN2O2/c1-12(2,14)6-15-10(16)7-4-3-5-8(13)9(7)11(15)17/h3-5H,6,14H2,1-2H3. The predicted octanol–water partition coefficient (Wildman–Crippen LogP) is 1.67. The number of amides is 2. The molecule has 0 spiro atoms. The second kappa shape index (κ2) is 3.82. The Labute approximate surface area is 104 Å². The number of carbonyl (C=O) groups is 2. The van der Waals surface area contributed by atoms with Gasteiger partial charge in [0.15, 0.2) is 0 Å². The van der Waals surface area contributed by atoms with Crippen LogP contribution in [-0.2, 0) is 0 Å². The van der Waals surface area contributed by atoms with Crippen molar-refractivity contribution in [2.24, 2.45) is 5.73 Å². The van der Waals surface area contributed by atoms with Gasteiger partial charge >= 0.3 is 0 Å². The number of benzene rings is 1. The summed E-state index contributed by atoms with van der Waals surface area (Å²) in [5.74, 6) is -0.694. The third-order valence-corrected chi connectivity index (χ3v) is 2.83. The van der Waals surface area contributed by atoms with Crippen molar-refractivity contribution in [3.05, 3.63) is 34.3 Å². The van der Waals surface area contributed by atoms with E-state index in [0.29, 0.717) is 10.6 Å². The molecule has 2 rings (SSSR count). The van der Waals surface area contributed by atoms with E-state index in [1.165, 1.54) is 0 Å². The van der Waals surface area contributed by atoms with E-state index in [2.05, 4.69) is 0 Å². The second-order valence-corrected chi connectivity index (χ2v) is 5.25. The van der Waals surface area contributed by atoms with E-state index in [9.17, 15) is 9.59 Å². The van der Waals surface area contributed by atoms with Crippen molar-refractivity contribution in [1.29, 1.82) is 0 Å². The fraction of sp³-hybridized carbons (Fsp3) is 0.333. The first-order valence-electron chi connectivity index (χ1n) is 5.25. The maximum atomic E-state index is 12.1. The summed E-state index contributed by atoms with van der Waals surface area (Å²) in [6, 6.07) is 4.86. The topological polar surface area (TPSA) is 63.4 Å². The average molecular weight is 253 g/mol. The van der Waals surface area contributed by atoms with Crippen molar-refractivity contribution >= 4 is 23.4 Å². The maximum Gasteiger partial charge on any atom is 0.263 e. The van der Waals surface area contributed by atoms with Crippen molar-refractivity contribution in [2.45, 2.75) is 19.4 Å². The first kappa shape index (κ1) is 12.1. The van der Waals surface area contributed by atoms with Gasteiger partial charge in [0.25, 0.3) is 11.8 Å². The molecule has 90 valence electrons. The molecule has 0 fully saturated rings. The van der Waals surface area contributed by atoms with E-state index in [-0.39, 0.29) is 23.9 Å².